The van der Waals surface area contributed by atoms with Gasteiger partial charge in [0.2, 0.25) is 0 Å². The fourth-order valence-corrected chi connectivity index (χ4v) is 10.3. The van der Waals surface area contributed by atoms with Gasteiger partial charge in [-0.05, 0) is 34.1 Å². The lowest BCUT2D eigenvalue weighted by molar-refractivity contribution is -0.121. The van der Waals surface area contributed by atoms with E-state index >= 15 is 0 Å². The predicted octanol–water partition coefficient (Wildman–Crippen LogP) is 8.99. The second-order valence-electron chi connectivity index (χ2n) is 18.0. The van der Waals surface area contributed by atoms with Crippen molar-refractivity contribution in [3.05, 3.63) is 26.1 Å². The molecular weight excluding hydrogens is 1190 g/mol. The molecule has 0 aromatic carbocycles. The van der Waals surface area contributed by atoms with Crippen LogP contribution in [0.25, 0.3) is 41.8 Å². The van der Waals surface area contributed by atoms with Gasteiger partial charge in [-0.15, -0.1) is 11.3 Å². The van der Waals surface area contributed by atoms with E-state index in [2.05, 4.69) is 54.8 Å². The summed E-state index contributed by atoms with van der Waals surface area (Å²) in [6.07, 6.45) is 1.42. The summed E-state index contributed by atoms with van der Waals surface area (Å²) in [7, 11) is 11.7. The third-order valence-corrected chi connectivity index (χ3v) is 15.9. The summed E-state index contributed by atoms with van der Waals surface area (Å²) < 4.78 is 41.3. The Morgan fingerprint density at radius 1 is 0.400 bits per heavy atom. The number of hydrogen-bond acceptors (Lipinski definition) is 31. The summed E-state index contributed by atoms with van der Waals surface area (Å²) in [4.78, 5) is 141. The molecule has 456 valence electrons. The third-order valence-electron chi connectivity index (χ3n) is 12.0. The topological polar surface area (TPSA) is 352 Å². The normalized spacial score (nSPS) is 11.7. The molecule has 27 nitrogen and oxygen atoms in total. The maximum Gasteiger partial charge on any atom is 0.279 e. The highest BCUT2D eigenvalue weighted by Crippen LogP contribution is 2.34. The number of thiazole rings is 4. The first kappa shape index (κ1) is 69.2. The zero-order valence-corrected chi connectivity index (χ0v) is 51.9. The fraction of sp³-hybridized carbons (Fsp3) is 0.463. The van der Waals surface area contributed by atoms with E-state index in [4.69, 9.17) is 37.9 Å². The number of methoxy groups -OCH3 is 8. The van der Waals surface area contributed by atoms with Crippen molar-refractivity contribution in [3.63, 3.8) is 0 Å². The molecule has 0 aliphatic heterocycles. The van der Waals surface area contributed by atoms with Crippen molar-refractivity contribution in [1.29, 1.82) is 0 Å². The Kier molecular flexibility index (Phi) is 26.1. The minimum atomic E-state index is -0.325. The number of hydrogen-bond donors (Lipinski definition) is 0. The molecule has 8 aromatic rings. The Hall–Kier alpha value is -8.29. The highest BCUT2D eigenvalue weighted by Gasteiger charge is 2.25. The van der Waals surface area contributed by atoms with Gasteiger partial charge in [-0.1, -0.05) is 62.2 Å². The van der Waals surface area contributed by atoms with Crippen LogP contribution in [0.5, 0.6) is 46.9 Å². The second-order valence-corrected chi connectivity index (χ2v) is 21.9. The van der Waals surface area contributed by atoms with Crippen LogP contribution in [0.15, 0.2) is 6.07 Å². The fourth-order valence-electron chi connectivity index (χ4n) is 6.90. The lowest BCUT2D eigenvalue weighted by Crippen LogP contribution is -2.15. The molecule has 0 bridgehead atoms. The molecule has 8 aromatic heterocycles. The number of nitrogens with zero attached hydrogens (tertiary/aromatic N) is 11. The van der Waals surface area contributed by atoms with Crippen molar-refractivity contribution in [3.8, 4) is 46.9 Å². The minimum Gasteiger partial charge on any atom is -0.491 e. The number of pyridine rings is 1. The number of carbonyl (C=O) groups is 8. The van der Waals surface area contributed by atoms with E-state index in [1.807, 2.05) is 6.92 Å². The van der Waals surface area contributed by atoms with E-state index in [0.717, 1.165) is 38.7 Å². The van der Waals surface area contributed by atoms with Crippen LogP contribution < -0.4 is 37.9 Å². The average Bonchev–Trinajstić information content (AvgIpc) is 4.41. The lowest BCUT2D eigenvalue weighted by Gasteiger charge is -2.07. The van der Waals surface area contributed by atoms with Gasteiger partial charge in [0.1, 0.15) is 23.1 Å². The second kappa shape index (κ2) is 32.1. The van der Waals surface area contributed by atoms with Crippen LogP contribution in [0.4, 0.5) is 0 Å². The number of ketones is 8. The highest BCUT2D eigenvalue weighted by atomic mass is 32.1. The van der Waals surface area contributed by atoms with Gasteiger partial charge in [-0.2, -0.15) is 34.9 Å². The van der Waals surface area contributed by atoms with E-state index in [-0.39, 0.29) is 149 Å². The largest absolute Gasteiger partial charge is 0.491 e. The molecule has 0 fully saturated rings. The number of carbonyl (C=O) groups excluding carboxylic acids is 8. The summed E-state index contributed by atoms with van der Waals surface area (Å²) in [6, 6.07) is 1.74. The molecule has 3 atom stereocenters. The molecule has 0 aliphatic carbocycles. The van der Waals surface area contributed by atoms with Gasteiger partial charge >= 0.3 is 0 Å². The van der Waals surface area contributed by atoms with Gasteiger partial charge < -0.3 is 42.7 Å². The summed E-state index contributed by atoms with van der Waals surface area (Å²) in [5.41, 5.74) is 1.44. The van der Waals surface area contributed by atoms with Crippen LogP contribution in [-0.2, 0) is 19.2 Å². The van der Waals surface area contributed by atoms with Gasteiger partial charge in [0.25, 0.3) is 41.2 Å². The first-order valence-electron chi connectivity index (χ1n) is 25.3. The van der Waals surface area contributed by atoms with Crippen LogP contribution in [0.2, 0.25) is 0 Å². The molecule has 0 aliphatic rings. The van der Waals surface area contributed by atoms with Crippen molar-refractivity contribution >= 4 is 133 Å². The molecule has 0 spiro atoms. The summed E-state index contributed by atoms with van der Waals surface area (Å²) >= 11 is 4.63. The molecule has 0 amide bonds. The maximum absolute atomic E-state index is 12.3. The molecule has 8 heterocycles. The van der Waals surface area contributed by atoms with E-state index in [9.17, 15) is 38.4 Å². The first-order valence-corrected chi connectivity index (χ1v) is 28.6. The van der Waals surface area contributed by atoms with E-state index < -0.39 is 0 Å². The van der Waals surface area contributed by atoms with Crippen LogP contribution >= 0.6 is 45.3 Å². The quantitative estimate of drug-likeness (QED) is 0.0481. The number of Topliss-reactive ketones (excluding diaryl/α,β-unsaturated/α-hetero) is 8. The van der Waals surface area contributed by atoms with Crippen molar-refractivity contribution in [2.75, 3.05) is 56.9 Å². The molecule has 0 saturated carbocycles. The molecule has 0 saturated heterocycles. The zero-order chi connectivity index (χ0) is 62.1. The van der Waals surface area contributed by atoms with Gasteiger partial charge in [-0.3, -0.25) is 33.6 Å². The van der Waals surface area contributed by atoms with Crippen molar-refractivity contribution < 1.29 is 76.3 Å². The Bertz CT molecular complexity index is 3450. The van der Waals surface area contributed by atoms with Crippen LogP contribution in [0.1, 0.15) is 134 Å². The molecular formula is C54H65N11O16S4. The minimum absolute atomic E-state index is 0. The molecule has 8 rings (SSSR count). The molecule has 0 radical (unpaired) electrons. The monoisotopic (exact) mass is 1250 g/mol. The Balaban J connectivity index is 0.000000242. The van der Waals surface area contributed by atoms with E-state index in [1.54, 1.807) is 19.9 Å². The summed E-state index contributed by atoms with van der Waals surface area (Å²) in [5.74, 6) is 0.520. The van der Waals surface area contributed by atoms with Crippen molar-refractivity contribution in [2.24, 2.45) is 17.8 Å². The lowest BCUT2D eigenvalue weighted by atomic mass is 9.96. The summed E-state index contributed by atoms with van der Waals surface area (Å²) in [5, 5.41) is 1.22. The molecule has 0 N–H and O–H groups in total. The average molecular weight is 1250 g/mol. The van der Waals surface area contributed by atoms with Crippen molar-refractivity contribution in [2.45, 2.75) is 94.4 Å². The van der Waals surface area contributed by atoms with Crippen LogP contribution in [-0.4, -0.2) is 158 Å². The maximum atomic E-state index is 12.3. The zero-order valence-electron chi connectivity index (χ0n) is 48.6. The smallest absolute Gasteiger partial charge is 0.279 e. The van der Waals surface area contributed by atoms with E-state index in [0.29, 0.717) is 65.1 Å². The SMILES string of the molecule is C.CCC(CC(=O)c1nc2nc(OC)c(OC)nc2s1)C(C)=O.COc1cc2sc(C(=O)C[C@H](C)C(C)=O)nc2nc1OC.COc1nc2nc(C(=O)CC(C)C(C)=O)sc2nc1OC.COc1nc2nc(C(=O)CCC(C)=O)sc2nc1OC. The first-order chi connectivity index (χ1) is 40.0. The standard InChI is InChI=1S/C14H17N3O4S.C14H16N2O4S.C13H15N3O4S.C12H13N3O4S.CH4/c1-5-8(7(2)18)6-9(19)13-16-10-14(22-13)17-12(21-4)11(15-10)20-3;1-7(8(2)17)5-9(18)14-16-12-11(21-14)6-10(19-3)13(15-12)20-4;1-6(7(2)17)5-8(18)12-15-9-13(21-12)16-11(20-4)10(14-9)19-3;1-6(16)4-5-7(17)11-14-8-12(20-11)15-10(19-3)9(13-8)18-2;/h8H,5-6H2,1-4H3;6-7H,5H2,1-4H3;6H,5H2,1-4H3;4-5H2,1-3H3;1H4/t;7-;;;/m.0.../s1. The molecule has 31 heteroatoms. The van der Waals surface area contributed by atoms with Gasteiger partial charge in [0, 0.05) is 55.9 Å². The van der Waals surface area contributed by atoms with Gasteiger partial charge in [-0.25, -0.2) is 19.9 Å². The molecule has 85 heavy (non-hydrogen) atoms. The Labute approximate surface area is 504 Å². The third kappa shape index (κ3) is 18.1. The van der Waals surface area contributed by atoms with Gasteiger partial charge in [0.15, 0.2) is 86.0 Å². The van der Waals surface area contributed by atoms with E-state index in [1.165, 1.54) is 95.9 Å². The Morgan fingerprint density at radius 3 is 1.06 bits per heavy atom. The Morgan fingerprint density at radius 2 is 0.729 bits per heavy atom. The predicted molar refractivity (Wildman–Crippen MR) is 317 cm³/mol. The van der Waals surface area contributed by atoms with Gasteiger partial charge in [0.05, 0.1) is 61.6 Å². The highest BCUT2D eigenvalue weighted by molar-refractivity contribution is 7.21. The number of fused-ring (bicyclic) bond motifs is 4. The van der Waals surface area contributed by atoms with Crippen molar-refractivity contribution in [1.82, 2.24) is 54.8 Å². The molecule has 2 unspecified atom stereocenters. The van der Waals surface area contributed by atoms with Crippen LogP contribution in [0.3, 0.4) is 0 Å². The van der Waals surface area contributed by atoms with Crippen LogP contribution in [0, 0.1) is 17.8 Å². The number of ether oxygens (including phenoxy) is 8. The number of aromatic nitrogens is 11. The summed E-state index contributed by atoms with van der Waals surface area (Å²) in [6.45, 7) is 11.2. The number of rotatable bonds is 25.